The Labute approximate surface area is 145 Å². The van der Waals surface area contributed by atoms with E-state index in [4.69, 9.17) is 23.2 Å². The first-order chi connectivity index (χ1) is 9.83. The molecule has 2 rings (SSSR count). The summed E-state index contributed by atoms with van der Waals surface area (Å²) in [5.41, 5.74) is 0.169. The summed E-state index contributed by atoms with van der Waals surface area (Å²) < 4.78 is 27.8. The zero-order chi connectivity index (χ0) is 15.6. The van der Waals surface area contributed by atoms with Gasteiger partial charge in [-0.3, -0.25) is 4.72 Å². The number of sulfonamides is 1. The maximum Gasteiger partial charge on any atom is 0.262 e. The Balaban J connectivity index is 2.33. The summed E-state index contributed by atoms with van der Waals surface area (Å²) in [5, 5.41) is 5.00. The van der Waals surface area contributed by atoms with Crippen molar-refractivity contribution in [1.82, 2.24) is 5.32 Å². The van der Waals surface area contributed by atoms with Gasteiger partial charge in [0.25, 0.3) is 10.0 Å². The molecule has 0 amide bonds. The van der Waals surface area contributed by atoms with Crippen molar-refractivity contribution < 1.29 is 8.42 Å². The minimum absolute atomic E-state index is 0.169. The van der Waals surface area contributed by atoms with Gasteiger partial charge in [0.1, 0.15) is 0 Å². The highest BCUT2D eigenvalue weighted by molar-refractivity contribution is 9.10. The monoisotopic (exact) mass is 428 g/mol. The van der Waals surface area contributed by atoms with Crippen molar-refractivity contribution in [2.45, 2.75) is 11.4 Å². The van der Waals surface area contributed by atoms with Gasteiger partial charge in [-0.05, 0) is 25.2 Å². The van der Waals surface area contributed by atoms with Crippen LogP contribution in [0.2, 0.25) is 10.0 Å². The number of rotatable bonds is 5. The second kappa shape index (κ2) is 6.85. The molecule has 0 spiro atoms. The summed E-state index contributed by atoms with van der Waals surface area (Å²) in [5.74, 6) is 0. The molecule has 114 valence electrons. The molecule has 0 bridgehead atoms. The molecule has 0 unspecified atom stereocenters. The Bertz CT molecular complexity index is 739. The smallest absolute Gasteiger partial charge is 0.262 e. The van der Waals surface area contributed by atoms with Crippen molar-refractivity contribution in [3.63, 3.8) is 0 Å². The van der Waals surface area contributed by atoms with Crippen molar-refractivity contribution in [3.8, 4) is 0 Å². The normalized spacial score (nSPS) is 11.6. The number of halogens is 3. The molecular weight excluding hydrogens is 419 g/mol. The van der Waals surface area contributed by atoms with Gasteiger partial charge in [0.2, 0.25) is 0 Å². The Morgan fingerprint density at radius 1 is 1.24 bits per heavy atom. The molecule has 0 aliphatic heterocycles. The zero-order valence-electron chi connectivity index (χ0n) is 10.8. The third-order valence-corrected chi connectivity index (χ3v) is 6.00. The first-order valence-electron chi connectivity index (χ1n) is 5.73. The van der Waals surface area contributed by atoms with Crippen molar-refractivity contribution in [3.05, 3.63) is 43.0 Å². The van der Waals surface area contributed by atoms with Crippen LogP contribution < -0.4 is 10.0 Å². The van der Waals surface area contributed by atoms with E-state index in [0.29, 0.717) is 11.0 Å². The van der Waals surface area contributed by atoms with Gasteiger partial charge in [-0.2, -0.15) is 0 Å². The molecular formula is C12H11BrCl2N2O2S2. The lowest BCUT2D eigenvalue weighted by atomic mass is 10.3. The second-order valence-corrected chi connectivity index (χ2v) is 8.54. The summed E-state index contributed by atoms with van der Waals surface area (Å²) in [7, 11) is -1.92. The predicted octanol–water partition coefficient (Wildman–Crippen LogP) is 4.34. The van der Waals surface area contributed by atoms with Crippen LogP contribution >= 0.6 is 50.5 Å². The van der Waals surface area contributed by atoms with Gasteiger partial charge in [0.15, 0.2) is 0 Å². The molecule has 0 saturated heterocycles. The number of thiophene rings is 1. The second-order valence-electron chi connectivity index (χ2n) is 4.13. The summed E-state index contributed by atoms with van der Waals surface area (Å²) in [6.45, 7) is 0.611. The van der Waals surface area contributed by atoms with E-state index in [1.165, 1.54) is 11.3 Å². The lowest BCUT2D eigenvalue weighted by Crippen LogP contribution is -2.13. The molecule has 9 heteroatoms. The highest BCUT2D eigenvalue weighted by Gasteiger charge is 2.19. The van der Waals surface area contributed by atoms with Gasteiger partial charge in [-0.25, -0.2) is 8.42 Å². The molecule has 2 N–H and O–H groups in total. The van der Waals surface area contributed by atoms with Gasteiger partial charge in [-0.1, -0.05) is 39.1 Å². The third-order valence-electron chi connectivity index (χ3n) is 2.53. The minimum Gasteiger partial charge on any atom is -0.315 e. The van der Waals surface area contributed by atoms with Crippen molar-refractivity contribution in [2.24, 2.45) is 0 Å². The van der Waals surface area contributed by atoms with E-state index in [9.17, 15) is 8.42 Å². The lowest BCUT2D eigenvalue weighted by molar-refractivity contribution is 0.601. The Hall–Kier alpha value is -0.310. The zero-order valence-corrected chi connectivity index (χ0v) is 15.5. The van der Waals surface area contributed by atoms with Crippen LogP contribution in [0, 0.1) is 0 Å². The van der Waals surface area contributed by atoms with Crippen LogP contribution in [-0.4, -0.2) is 15.5 Å². The fraction of sp³-hybridized carbons (Fsp3) is 0.167. The Kier molecular flexibility index (Phi) is 5.56. The molecule has 1 heterocycles. The van der Waals surface area contributed by atoms with E-state index >= 15 is 0 Å². The molecule has 0 aliphatic rings. The largest absolute Gasteiger partial charge is 0.315 e. The van der Waals surface area contributed by atoms with Gasteiger partial charge < -0.3 is 5.32 Å². The molecule has 1 aromatic heterocycles. The molecule has 1 aromatic carbocycles. The molecule has 21 heavy (non-hydrogen) atoms. The van der Waals surface area contributed by atoms with Gasteiger partial charge in [-0.15, -0.1) is 11.3 Å². The van der Waals surface area contributed by atoms with E-state index in [0.717, 1.165) is 4.88 Å². The number of hydrogen-bond acceptors (Lipinski definition) is 4. The average molecular weight is 430 g/mol. The number of hydrogen-bond donors (Lipinski definition) is 2. The SMILES string of the molecule is CNCc1cc(S(=O)(=O)Nc2c(Cl)cc(Br)cc2Cl)cs1. The molecule has 4 nitrogen and oxygen atoms in total. The summed E-state index contributed by atoms with van der Waals surface area (Å²) in [6.07, 6.45) is 0. The first-order valence-corrected chi connectivity index (χ1v) is 9.64. The molecule has 0 fully saturated rings. The maximum atomic E-state index is 12.4. The Morgan fingerprint density at radius 3 is 2.43 bits per heavy atom. The Morgan fingerprint density at radius 2 is 1.86 bits per heavy atom. The van der Waals surface area contributed by atoms with Crippen LogP contribution in [0.15, 0.2) is 32.9 Å². The maximum absolute atomic E-state index is 12.4. The van der Waals surface area contributed by atoms with Gasteiger partial charge in [0.05, 0.1) is 20.6 Å². The van der Waals surface area contributed by atoms with Crippen LogP contribution in [0.1, 0.15) is 4.88 Å². The molecule has 0 aliphatic carbocycles. The van der Waals surface area contributed by atoms with Crippen molar-refractivity contribution >= 4 is 66.2 Å². The van der Waals surface area contributed by atoms with E-state index < -0.39 is 10.0 Å². The van der Waals surface area contributed by atoms with E-state index in [-0.39, 0.29) is 20.6 Å². The minimum atomic E-state index is -3.72. The summed E-state index contributed by atoms with van der Waals surface area (Å²) in [6, 6.07) is 4.76. The topological polar surface area (TPSA) is 58.2 Å². The molecule has 0 atom stereocenters. The number of nitrogens with one attached hydrogen (secondary N) is 2. The fourth-order valence-corrected chi connectivity index (χ4v) is 5.40. The quantitative estimate of drug-likeness (QED) is 0.743. The van der Waals surface area contributed by atoms with Crippen LogP contribution in [0.25, 0.3) is 0 Å². The first kappa shape index (κ1) is 17.1. The van der Waals surface area contributed by atoms with Crippen LogP contribution in [0.5, 0.6) is 0 Å². The van der Waals surface area contributed by atoms with Crippen molar-refractivity contribution in [2.75, 3.05) is 11.8 Å². The standard InChI is InChI=1S/C12H11BrCl2N2O2S2/c1-16-5-8-4-9(6-20-8)21(18,19)17-12-10(14)2-7(13)3-11(12)15/h2-4,6,16-17H,5H2,1H3. The molecule has 2 aromatic rings. The summed E-state index contributed by atoms with van der Waals surface area (Å²) in [4.78, 5) is 1.11. The van der Waals surface area contributed by atoms with Crippen molar-refractivity contribution in [1.29, 1.82) is 0 Å². The molecule has 0 saturated carbocycles. The van der Waals surface area contributed by atoms with E-state index in [2.05, 4.69) is 26.0 Å². The summed E-state index contributed by atoms with van der Waals surface area (Å²) >= 11 is 16.7. The van der Waals surface area contributed by atoms with Crippen LogP contribution in [-0.2, 0) is 16.6 Å². The van der Waals surface area contributed by atoms with Crippen LogP contribution in [0.3, 0.4) is 0 Å². The third kappa shape index (κ3) is 4.12. The lowest BCUT2D eigenvalue weighted by Gasteiger charge is -2.10. The van der Waals surface area contributed by atoms with Crippen LogP contribution in [0.4, 0.5) is 5.69 Å². The van der Waals surface area contributed by atoms with E-state index in [1.807, 2.05) is 0 Å². The highest BCUT2D eigenvalue weighted by atomic mass is 79.9. The number of anilines is 1. The predicted molar refractivity (Wildman–Crippen MR) is 92.1 cm³/mol. The average Bonchev–Trinajstić information content (AvgIpc) is 2.84. The van der Waals surface area contributed by atoms with Gasteiger partial charge in [0, 0.05) is 21.3 Å². The molecule has 0 radical (unpaired) electrons. The van der Waals surface area contributed by atoms with E-state index in [1.54, 1.807) is 30.6 Å². The highest BCUT2D eigenvalue weighted by Crippen LogP contribution is 2.35. The van der Waals surface area contributed by atoms with Gasteiger partial charge >= 0.3 is 0 Å². The fourth-order valence-electron chi connectivity index (χ4n) is 1.60. The number of benzene rings is 1.